The topological polar surface area (TPSA) is 12.5 Å². The molecule has 0 radical (unpaired) electrons. The maximum Gasteiger partial charge on any atom is 0.113 e. The molecular weight excluding hydrogens is 241 g/mol. The van der Waals surface area contributed by atoms with Crippen molar-refractivity contribution in [1.82, 2.24) is 4.90 Å². The van der Waals surface area contributed by atoms with Crippen LogP contribution in [0.2, 0.25) is 0 Å². The van der Waals surface area contributed by atoms with Crippen LogP contribution in [0.25, 0.3) is 0 Å². The van der Waals surface area contributed by atoms with Crippen molar-refractivity contribution in [2.24, 2.45) is 0 Å². The normalized spacial score (nSPS) is 33.2. The van der Waals surface area contributed by atoms with Gasteiger partial charge in [-0.15, -0.1) is 0 Å². The van der Waals surface area contributed by atoms with Crippen molar-refractivity contribution in [2.75, 3.05) is 19.7 Å². The van der Waals surface area contributed by atoms with Crippen LogP contribution in [0.4, 0.5) is 4.39 Å². The number of nitrogens with zero attached hydrogens (tertiary/aromatic N) is 1. The Morgan fingerprint density at radius 1 is 1.16 bits per heavy atom. The zero-order valence-electron chi connectivity index (χ0n) is 11.3. The second-order valence-electron chi connectivity index (χ2n) is 5.68. The number of hydrogen-bond acceptors (Lipinski definition) is 2. The third kappa shape index (κ3) is 3.15. The first-order chi connectivity index (χ1) is 9.33. The molecule has 0 N–H and O–H groups in total. The molecule has 2 nitrogen and oxygen atoms in total. The molecule has 3 rings (SSSR count). The molecule has 2 aliphatic rings. The summed E-state index contributed by atoms with van der Waals surface area (Å²) in [6.45, 7) is 2.45. The second-order valence-corrected chi connectivity index (χ2v) is 5.68. The lowest BCUT2D eigenvalue weighted by Gasteiger charge is -2.40. The predicted octanol–water partition coefficient (Wildman–Crippen LogP) is 3.34. The van der Waals surface area contributed by atoms with E-state index in [9.17, 15) is 4.39 Å². The summed E-state index contributed by atoms with van der Waals surface area (Å²) in [4.78, 5) is 2.34. The summed E-state index contributed by atoms with van der Waals surface area (Å²) in [5.74, 6) is 0. The van der Waals surface area contributed by atoms with Gasteiger partial charge in [0.25, 0.3) is 0 Å². The van der Waals surface area contributed by atoms with Crippen LogP contribution in [-0.2, 0) is 4.74 Å². The summed E-state index contributed by atoms with van der Waals surface area (Å²) < 4.78 is 19.4. The number of rotatable bonds is 2. The number of benzene rings is 1. The van der Waals surface area contributed by atoms with Crippen LogP contribution >= 0.6 is 0 Å². The van der Waals surface area contributed by atoms with Crippen molar-refractivity contribution in [2.45, 2.75) is 44.0 Å². The lowest BCUT2D eigenvalue weighted by molar-refractivity contribution is -0.0388. The van der Waals surface area contributed by atoms with Crippen molar-refractivity contribution in [3.63, 3.8) is 0 Å². The third-order valence-electron chi connectivity index (χ3n) is 4.34. The van der Waals surface area contributed by atoms with Crippen LogP contribution in [-0.4, -0.2) is 36.8 Å². The molecule has 0 aliphatic carbocycles. The Hall–Kier alpha value is -0.930. The molecule has 0 amide bonds. The van der Waals surface area contributed by atoms with Crippen LogP contribution in [0.15, 0.2) is 30.3 Å². The summed E-state index contributed by atoms with van der Waals surface area (Å²) in [5.41, 5.74) is 1.25. The molecule has 2 fully saturated rings. The van der Waals surface area contributed by atoms with Gasteiger partial charge in [0, 0.05) is 19.2 Å². The molecule has 0 spiro atoms. The van der Waals surface area contributed by atoms with Crippen LogP contribution in [0.3, 0.4) is 0 Å². The van der Waals surface area contributed by atoms with E-state index in [1.165, 1.54) is 5.56 Å². The Morgan fingerprint density at radius 2 is 2.00 bits per heavy atom. The molecule has 0 bridgehead atoms. The third-order valence-corrected chi connectivity index (χ3v) is 4.34. The Balaban J connectivity index is 1.64. The first kappa shape index (κ1) is 13.1. The van der Waals surface area contributed by atoms with Gasteiger partial charge >= 0.3 is 0 Å². The lowest BCUT2D eigenvalue weighted by Crippen LogP contribution is -2.46. The molecule has 2 heterocycles. The zero-order chi connectivity index (χ0) is 13.1. The minimum absolute atomic E-state index is 0.180. The highest BCUT2D eigenvalue weighted by molar-refractivity contribution is 5.18. The molecule has 3 atom stereocenters. The van der Waals surface area contributed by atoms with Crippen molar-refractivity contribution in [3.8, 4) is 0 Å². The van der Waals surface area contributed by atoms with Crippen molar-refractivity contribution >= 4 is 0 Å². The summed E-state index contributed by atoms with van der Waals surface area (Å²) in [6, 6.07) is 10.9. The fraction of sp³-hybridized carbons (Fsp3) is 0.625. The predicted molar refractivity (Wildman–Crippen MR) is 73.9 cm³/mol. The maximum absolute atomic E-state index is 13.5. The average Bonchev–Trinajstić information content (AvgIpc) is 2.48. The standard InChI is InChI=1S/C16H22FNO/c17-14-7-4-9-18(12-14)15-8-10-19-16(11-15)13-5-2-1-3-6-13/h1-3,5-6,14-16H,4,7-12H2. The van der Waals surface area contributed by atoms with Gasteiger partial charge in [-0.3, -0.25) is 4.90 Å². The van der Waals surface area contributed by atoms with Crippen molar-refractivity contribution in [3.05, 3.63) is 35.9 Å². The highest BCUT2D eigenvalue weighted by atomic mass is 19.1. The average molecular weight is 263 g/mol. The number of alkyl halides is 1. The molecule has 1 aromatic rings. The monoisotopic (exact) mass is 263 g/mol. The molecule has 2 aliphatic heterocycles. The second kappa shape index (κ2) is 6.02. The Labute approximate surface area is 114 Å². The molecule has 104 valence electrons. The van der Waals surface area contributed by atoms with Gasteiger partial charge in [0.1, 0.15) is 6.17 Å². The van der Waals surface area contributed by atoms with E-state index in [0.29, 0.717) is 12.6 Å². The number of halogens is 1. The highest BCUT2D eigenvalue weighted by Crippen LogP contribution is 2.31. The summed E-state index contributed by atoms with van der Waals surface area (Å²) in [7, 11) is 0. The molecule has 3 unspecified atom stereocenters. The quantitative estimate of drug-likeness (QED) is 0.811. The van der Waals surface area contributed by atoms with Crippen molar-refractivity contribution < 1.29 is 9.13 Å². The van der Waals surface area contributed by atoms with E-state index in [1.807, 2.05) is 6.07 Å². The van der Waals surface area contributed by atoms with Crippen molar-refractivity contribution in [1.29, 1.82) is 0 Å². The molecule has 0 aromatic heterocycles. The fourth-order valence-corrected chi connectivity index (χ4v) is 3.30. The van der Waals surface area contributed by atoms with E-state index in [4.69, 9.17) is 4.74 Å². The molecule has 3 heteroatoms. The lowest BCUT2D eigenvalue weighted by atomic mass is 9.94. The Morgan fingerprint density at radius 3 is 2.79 bits per heavy atom. The largest absolute Gasteiger partial charge is 0.373 e. The summed E-state index contributed by atoms with van der Waals surface area (Å²) >= 11 is 0. The van der Waals surface area contributed by atoms with Gasteiger partial charge in [0.2, 0.25) is 0 Å². The van der Waals surface area contributed by atoms with E-state index in [0.717, 1.165) is 38.8 Å². The Kier molecular flexibility index (Phi) is 4.14. The summed E-state index contributed by atoms with van der Waals surface area (Å²) in [6.07, 6.45) is 3.31. The van der Waals surface area contributed by atoms with Gasteiger partial charge in [-0.1, -0.05) is 30.3 Å². The minimum atomic E-state index is -0.633. The summed E-state index contributed by atoms with van der Waals surface area (Å²) in [5, 5.41) is 0. The molecule has 19 heavy (non-hydrogen) atoms. The number of hydrogen-bond donors (Lipinski definition) is 0. The molecule has 1 aromatic carbocycles. The first-order valence-corrected chi connectivity index (χ1v) is 7.37. The van der Waals surface area contributed by atoms with Gasteiger partial charge < -0.3 is 4.74 Å². The SMILES string of the molecule is FC1CCCN(C2CCOC(c3ccccc3)C2)C1. The van der Waals surface area contributed by atoms with Gasteiger partial charge in [0.05, 0.1) is 6.10 Å². The fourth-order valence-electron chi connectivity index (χ4n) is 3.30. The van der Waals surface area contributed by atoms with E-state index in [-0.39, 0.29) is 6.10 Å². The number of ether oxygens (including phenoxy) is 1. The Bertz CT molecular complexity index is 397. The van der Waals surface area contributed by atoms with E-state index in [1.54, 1.807) is 0 Å². The zero-order valence-corrected chi connectivity index (χ0v) is 11.3. The number of piperidine rings is 1. The van der Waals surface area contributed by atoms with E-state index in [2.05, 4.69) is 29.2 Å². The minimum Gasteiger partial charge on any atom is -0.373 e. The van der Waals surface area contributed by atoms with Gasteiger partial charge in [0.15, 0.2) is 0 Å². The first-order valence-electron chi connectivity index (χ1n) is 7.37. The van der Waals surface area contributed by atoms with Gasteiger partial charge in [-0.05, 0) is 37.8 Å². The number of likely N-dealkylation sites (tertiary alicyclic amines) is 1. The van der Waals surface area contributed by atoms with Gasteiger partial charge in [-0.2, -0.15) is 0 Å². The highest BCUT2D eigenvalue weighted by Gasteiger charge is 2.31. The molecule has 2 saturated heterocycles. The molecule has 0 saturated carbocycles. The van der Waals surface area contributed by atoms with Crippen LogP contribution in [0.5, 0.6) is 0 Å². The van der Waals surface area contributed by atoms with E-state index < -0.39 is 6.17 Å². The van der Waals surface area contributed by atoms with Crippen LogP contribution < -0.4 is 0 Å². The van der Waals surface area contributed by atoms with Gasteiger partial charge in [-0.25, -0.2) is 4.39 Å². The maximum atomic E-state index is 13.5. The van der Waals surface area contributed by atoms with E-state index >= 15 is 0 Å². The van der Waals surface area contributed by atoms with Crippen LogP contribution in [0, 0.1) is 0 Å². The molecular formula is C16H22FNO. The smallest absolute Gasteiger partial charge is 0.113 e. The van der Waals surface area contributed by atoms with Crippen LogP contribution in [0.1, 0.15) is 37.4 Å².